The van der Waals surface area contributed by atoms with Crippen molar-refractivity contribution in [3.8, 4) is 0 Å². The maximum absolute atomic E-state index is 13.0. The monoisotopic (exact) mass is 445 g/mol. The fraction of sp³-hybridized carbons (Fsp3) is 0.160. The minimum absolute atomic E-state index is 0.173. The Morgan fingerprint density at radius 1 is 1.15 bits per heavy atom. The first-order chi connectivity index (χ1) is 16.0. The molecular weight excluding hydrogens is 421 g/mol. The number of nitrogens with one attached hydrogen (secondary N) is 1. The molecule has 1 amide bonds. The number of para-hydroxylation sites is 2. The van der Waals surface area contributed by atoms with Gasteiger partial charge in [0, 0.05) is 12.1 Å². The van der Waals surface area contributed by atoms with Gasteiger partial charge in [0.25, 0.3) is 5.91 Å². The second-order valence-electron chi connectivity index (χ2n) is 7.65. The number of carbonyl (C=O) groups is 1. The highest BCUT2D eigenvalue weighted by atomic mass is 19.1. The first-order valence-electron chi connectivity index (χ1n) is 10.5. The van der Waals surface area contributed by atoms with E-state index in [0.717, 1.165) is 22.2 Å². The summed E-state index contributed by atoms with van der Waals surface area (Å²) in [6.07, 6.45) is 1.81. The Bertz CT molecular complexity index is 1280. The first kappa shape index (κ1) is 22.0. The summed E-state index contributed by atoms with van der Waals surface area (Å²) in [7, 11) is 0. The summed E-state index contributed by atoms with van der Waals surface area (Å²) in [6, 6.07) is 21.2. The smallest absolute Gasteiger partial charge is 0.261 e. The Morgan fingerprint density at radius 3 is 2.76 bits per heavy atom. The number of carbonyl (C=O) groups excluding carboxylic acids is 1. The summed E-state index contributed by atoms with van der Waals surface area (Å²) < 4.78 is 15.1. The van der Waals surface area contributed by atoms with Crippen LogP contribution in [0, 0.1) is 5.82 Å². The van der Waals surface area contributed by atoms with Crippen LogP contribution in [0.25, 0.3) is 11.0 Å². The molecule has 0 bridgehead atoms. The minimum Gasteiger partial charge on any atom is -0.384 e. The van der Waals surface area contributed by atoms with Crippen LogP contribution in [0.4, 0.5) is 4.39 Å². The molecular formula is C25H24FN5O2. The van der Waals surface area contributed by atoms with Crippen molar-refractivity contribution in [2.24, 2.45) is 10.9 Å². The summed E-state index contributed by atoms with van der Waals surface area (Å²) in [4.78, 5) is 21.7. The van der Waals surface area contributed by atoms with Crippen LogP contribution in [0.2, 0.25) is 0 Å². The van der Waals surface area contributed by atoms with E-state index in [1.165, 1.54) is 12.1 Å². The Kier molecular flexibility index (Phi) is 6.64. The molecule has 3 aromatic carbocycles. The number of amides is 1. The van der Waals surface area contributed by atoms with Crippen LogP contribution < -0.4 is 11.1 Å². The van der Waals surface area contributed by atoms with Crippen molar-refractivity contribution in [1.29, 1.82) is 0 Å². The second kappa shape index (κ2) is 9.95. The Morgan fingerprint density at radius 2 is 1.94 bits per heavy atom. The maximum Gasteiger partial charge on any atom is 0.261 e. The van der Waals surface area contributed by atoms with Crippen LogP contribution in [0.3, 0.4) is 0 Å². The van der Waals surface area contributed by atoms with E-state index < -0.39 is 0 Å². The zero-order chi connectivity index (χ0) is 23.2. The number of fused-ring (bicyclic) bond motifs is 1. The van der Waals surface area contributed by atoms with Crippen LogP contribution in [0.1, 0.15) is 29.7 Å². The van der Waals surface area contributed by atoms with Gasteiger partial charge in [-0.1, -0.05) is 47.6 Å². The highest BCUT2D eigenvalue weighted by Gasteiger charge is 2.10. The number of halogens is 1. The molecule has 0 saturated carbocycles. The average Bonchev–Trinajstić information content (AvgIpc) is 3.22. The Balaban J connectivity index is 1.34. The van der Waals surface area contributed by atoms with E-state index in [-0.39, 0.29) is 30.2 Å². The highest BCUT2D eigenvalue weighted by Crippen LogP contribution is 2.15. The van der Waals surface area contributed by atoms with Crippen LogP contribution in [-0.2, 0) is 16.2 Å². The fourth-order valence-corrected chi connectivity index (χ4v) is 3.49. The van der Waals surface area contributed by atoms with Crippen LogP contribution >= 0.6 is 0 Å². The van der Waals surface area contributed by atoms with Gasteiger partial charge in [0.05, 0.1) is 23.4 Å². The van der Waals surface area contributed by atoms with Gasteiger partial charge in [0.15, 0.2) is 12.4 Å². The third kappa shape index (κ3) is 5.54. The fourth-order valence-electron chi connectivity index (χ4n) is 3.49. The van der Waals surface area contributed by atoms with E-state index in [4.69, 9.17) is 10.6 Å². The Hall–Kier alpha value is -4.20. The molecule has 168 valence electrons. The lowest BCUT2D eigenvalue weighted by Crippen LogP contribution is -2.30. The number of oxime groups is 1. The minimum atomic E-state index is -0.357. The van der Waals surface area contributed by atoms with Gasteiger partial charge in [0.2, 0.25) is 0 Å². The number of nitrogens with two attached hydrogens (primary N) is 1. The number of imidazole rings is 1. The van der Waals surface area contributed by atoms with E-state index in [1.54, 1.807) is 19.1 Å². The summed E-state index contributed by atoms with van der Waals surface area (Å²) in [5.74, 6) is -0.510. The molecule has 0 aliphatic rings. The molecule has 0 aliphatic carbocycles. The topological polar surface area (TPSA) is 94.5 Å². The second-order valence-corrected chi connectivity index (χ2v) is 7.65. The molecule has 1 heterocycles. The molecule has 3 N–H and O–H groups in total. The third-order valence-electron chi connectivity index (χ3n) is 5.21. The lowest BCUT2D eigenvalue weighted by atomic mass is 10.1. The molecule has 0 radical (unpaired) electrons. The number of hydrogen-bond acceptors (Lipinski definition) is 4. The van der Waals surface area contributed by atoms with E-state index in [9.17, 15) is 9.18 Å². The van der Waals surface area contributed by atoms with Crippen molar-refractivity contribution in [3.05, 3.63) is 102 Å². The zero-order valence-electron chi connectivity index (χ0n) is 18.1. The summed E-state index contributed by atoms with van der Waals surface area (Å²) in [6.45, 7) is 2.15. The van der Waals surface area contributed by atoms with Crippen molar-refractivity contribution < 1.29 is 14.0 Å². The molecule has 0 fully saturated rings. The van der Waals surface area contributed by atoms with Crippen molar-refractivity contribution in [1.82, 2.24) is 14.9 Å². The van der Waals surface area contributed by atoms with Crippen molar-refractivity contribution in [2.45, 2.75) is 19.5 Å². The number of rotatable bonds is 8. The molecule has 1 unspecified atom stereocenters. The van der Waals surface area contributed by atoms with Crippen LogP contribution in [0.5, 0.6) is 0 Å². The average molecular weight is 445 g/mol. The van der Waals surface area contributed by atoms with E-state index in [0.29, 0.717) is 12.1 Å². The van der Waals surface area contributed by atoms with Crippen molar-refractivity contribution in [2.75, 3.05) is 6.61 Å². The molecule has 4 rings (SSSR count). The van der Waals surface area contributed by atoms with Gasteiger partial charge in [-0.25, -0.2) is 9.37 Å². The summed E-state index contributed by atoms with van der Waals surface area (Å²) in [5.41, 5.74) is 10.6. The summed E-state index contributed by atoms with van der Waals surface area (Å²) >= 11 is 0. The molecule has 33 heavy (non-hydrogen) atoms. The highest BCUT2D eigenvalue weighted by molar-refractivity contribution is 5.97. The molecule has 8 heteroatoms. The number of aromatic nitrogens is 2. The van der Waals surface area contributed by atoms with Crippen molar-refractivity contribution in [3.63, 3.8) is 0 Å². The number of benzene rings is 3. The van der Waals surface area contributed by atoms with Gasteiger partial charge in [-0.2, -0.15) is 0 Å². The zero-order valence-corrected chi connectivity index (χ0v) is 18.1. The molecule has 0 saturated heterocycles. The lowest BCUT2D eigenvalue weighted by molar-refractivity contribution is -0.126. The molecule has 7 nitrogen and oxygen atoms in total. The van der Waals surface area contributed by atoms with Gasteiger partial charge in [-0.15, -0.1) is 0 Å². The predicted molar refractivity (Wildman–Crippen MR) is 125 cm³/mol. The van der Waals surface area contributed by atoms with Gasteiger partial charge < -0.3 is 20.5 Å². The molecule has 1 atom stereocenters. The van der Waals surface area contributed by atoms with E-state index >= 15 is 0 Å². The van der Waals surface area contributed by atoms with E-state index in [1.807, 2.05) is 54.9 Å². The van der Waals surface area contributed by atoms with Crippen LogP contribution in [0.15, 0.2) is 84.3 Å². The van der Waals surface area contributed by atoms with Crippen LogP contribution in [-0.4, -0.2) is 27.9 Å². The summed E-state index contributed by atoms with van der Waals surface area (Å²) in [5, 5.41) is 6.65. The standard InChI is InChI=1S/C25H24FN5O2/c1-17(19-9-11-21(26)12-10-19)29-24(32)15-33-30-25(27)20-6-4-5-18(13-20)14-31-16-28-22-7-2-3-8-23(22)31/h2-13,16-17H,14-15H2,1H3,(H2,27,30)(H,29,32). The Labute approximate surface area is 190 Å². The molecule has 4 aromatic rings. The van der Waals surface area contributed by atoms with E-state index in [2.05, 4.69) is 20.0 Å². The number of nitrogens with zero attached hydrogens (tertiary/aromatic N) is 3. The number of hydrogen-bond donors (Lipinski definition) is 2. The largest absolute Gasteiger partial charge is 0.384 e. The first-order valence-corrected chi connectivity index (χ1v) is 10.5. The van der Waals surface area contributed by atoms with Gasteiger partial charge in [-0.3, -0.25) is 4.79 Å². The third-order valence-corrected chi connectivity index (χ3v) is 5.21. The van der Waals surface area contributed by atoms with Gasteiger partial charge in [0.1, 0.15) is 5.82 Å². The maximum atomic E-state index is 13.0. The van der Waals surface area contributed by atoms with Crippen molar-refractivity contribution >= 4 is 22.8 Å². The molecule has 0 aliphatic heterocycles. The quantitative estimate of drug-likeness (QED) is 0.245. The SMILES string of the molecule is CC(NC(=O)CON=C(N)c1cccc(Cn2cnc3ccccc32)c1)c1ccc(F)cc1. The molecule has 1 aromatic heterocycles. The predicted octanol–water partition coefficient (Wildman–Crippen LogP) is 3.74. The normalized spacial score (nSPS) is 12.5. The molecule has 0 spiro atoms. The number of amidine groups is 1. The van der Waals surface area contributed by atoms with Gasteiger partial charge in [-0.05, 0) is 48.4 Å². The lowest BCUT2D eigenvalue weighted by Gasteiger charge is -2.13. The van der Waals surface area contributed by atoms with Gasteiger partial charge >= 0.3 is 0 Å².